The first-order chi connectivity index (χ1) is 20.6. The fraction of sp³-hybridized carbons (Fsp3) is 0.429. The molecular formula is C28H28F4N6O5. The molecule has 3 aliphatic rings. The number of ether oxygens (including phenoxy) is 2. The largest absolute Gasteiger partial charge is 0.573 e. The van der Waals surface area contributed by atoms with Gasteiger partial charge in [-0.15, -0.1) is 13.2 Å². The number of rotatable bonds is 7. The van der Waals surface area contributed by atoms with E-state index in [-0.39, 0.29) is 28.0 Å². The lowest BCUT2D eigenvalue weighted by molar-refractivity contribution is -0.274. The molecule has 3 aromatic rings. The van der Waals surface area contributed by atoms with Crippen LogP contribution in [0.4, 0.5) is 28.9 Å². The van der Waals surface area contributed by atoms with Gasteiger partial charge in [-0.25, -0.2) is 9.37 Å². The number of morpholine rings is 1. The summed E-state index contributed by atoms with van der Waals surface area (Å²) in [6.07, 6.45) is -2.11. The summed E-state index contributed by atoms with van der Waals surface area (Å²) in [5.41, 5.74) is -1.61. The van der Waals surface area contributed by atoms with Gasteiger partial charge in [-0.1, -0.05) is 0 Å². The second kappa shape index (κ2) is 11.1. The molecule has 1 saturated carbocycles. The van der Waals surface area contributed by atoms with Crippen LogP contribution in [-0.2, 0) is 14.3 Å². The van der Waals surface area contributed by atoms with Gasteiger partial charge >= 0.3 is 6.36 Å². The van der Waals surface area contributed by atoms with Gasteiger partial charge in [0.05, 0.1) is 35.7 Å². The Kier molecular flexibility index (Phi) is 7.46. The van der Waals surface area contributed by atoms with Crippen LogP contribution >= 0.6 is 0 Å². The van der Waals surface area contributed by atoms with Gasteiger partial charge in [0.15, 0.2) is 11.6 Å². The summed E-state index contributed by atoms with van der Waals surface area (Å²) in [5.74, 6) is -1.82. The van der Waals surface area contributed by atoms with Crippen molar-refractivity contribution in [1.82, 2.24) is 19.4 Å². The fourth-order valence-electron chi connectivity index (χ4n) is 5.66. The van der Waals surface area contributed by atoms with E-state index in [1.165, 1.54) is 24.3 Å². The highest BCUT2D eigenvalue weighted by Gasteiger charge is 2.54. The van der Waals surface area contributed by atoms with Gasteiger partial charge in [-0.2, -0.15) is 0 Å². The molecule has 228 valence electrons. The number of carbonyl (C=O) groups is 2. The van der Waals surface area contributed by atoms with Crippen molar-refractivity contribution < 1.29 is 36.6 Å². The number of carbonyl (C=O) groups excluding carboxylic acids is 2. The lowest BCUT2D eigenvalue weighted by atomic mass is 10.1. The minimum Gasteiger partial charge on any atom is -0.404 e. The molecule has 0 atom stereocenters. The van der Waals surface area contributed by atoms with E-state index in [2.05, 4.69) is 15.0 Å². The van der Waals surface area contributed by atoms with Crippen LogP contribution in [0.3, 0.4) is 0 Å². The van der Waals surface area contributed by atoms with Crippen LogP contribution in [-0.4, -0.2) is 96.1 Å². The van der Waals surface area contributed by atoms with E-state index in [0.29, 0.717) is 65.3 Å². The summed E-state index contributed by atoms with van der Waals surface area (Å²) in [6.45, 7) is 3.60. The summed E-state index contributed by atoms with van der Waals surface area (Å²) in [4.78, 5) is 47.3. The van der Waals surface area contributed by atoms with Crippen LogP contribution in [0.1, 0.15) is 12.8 Å². The maximum absolute atomic E-state index is 15.5. The molecule has 1 N–H and O–H groups in total. The molecule has 2 aliphatic heterocycles. The molecule has 2 saturated heterocycles. The first-order valence-electron chi connectivity index (χ1n) is 13.8. The number of amides is 2. The van der Waals surface area contributed by atoms with Crippen molar-refractivity contribution in [3.05, 3.63) is 52.8 Å². The van der Waals surface area contributed by atoms with E-state index in [1.54, 1.807) is 9.80 Å². The highest BCUT2D eigenvalue weighted by molar-refractivity contribution is 6.01. The Morgan fingerprint density at radius 3 is 2.42 bits per heavy atom. The first kappa shape index (κ1) is 28.9. The zero-order chi connectivity index (χ0) is 30.4. The van der Waals surface area contributed by atoms with Gasteiger partial charge in [-0.05, 0) is 43.2 Å². The third-order valence-electron chi connectivity index (χ3n) is 8.13. The van der Waals surface area contributed by atoms with E-state index in [9.17, 15) is 27.6 Å². The van der Waals surface area contributed by atoms with Crippen molar-refractivity contribution in [2.24, 2.45) is 0 Å². The van der Waals surface area contributed by atoms with Crippen molar-refractivity contribution in [3.63, 3.8) is 0 Å². The van der Waals surface area contributed by atoms with Gasteiger partial charge in [-0.3, -0.25) is 23.9 Å². The normalized spacial score (nSPS) is 18.9. The third-order valence-corrected chi connectivity index (χ3v) is 8.13. The molecule has 2 amide bonds. The number of aromatic nitrogens is 2. The van der Waals surface area contributed by atoms with Crippen molar-refractivity contribution in [3.8, 4) is 11.4 Å². The summed E-state index contributed by atoms with van der Waals surface area (Å²) in [6, 6.07) is 6.33. The number of hydrogen-bond donors (Lipinski definition) is 1. The van der Waals surface area contributed by atoms with Crippen LogP contribution in [0.15, 0.2) is 41.5 Å². The van der Waals surface area contributed by atoms with Gasteiger partial charge in [0, 0.05) is 39.3 Å². The highest BCUT2D eigenvalue weighted by atomic mass is 19.4. The molecule has 0 unspecified atom stereocenters. The first-order valence-corrected chi connectivity index (χ1v) is 13.8. The van der Waals surface area contributed by atoms with Gasteiger partial charge in [0.2, 0.25) is 12.3 Å². The van der Waals surface area contributed by atoms with Gasteiger partial charge in [0.25, 0.3) is 5.56 Å². The van der Waals surface area contributed by atoms with Crippen LogP contribution in [0.2, 0.25) is 0 Å². The summed E-state index contributed by atoms with van der Waals surface area (Å²) >= 11 is 0. The molecule has 2 aromatic carbocycles. The van der Waals surface area contributed by atoms with Crippen LogP contribution in [0.5, 0.6) is 5.75 Å². The molecule has 11 nitrogen and oxygen atoms in total. The van der Waals surface area contributed by atoms with Crippen LogP contribution in [0.25, 0.3) is 16.6 Å². The number of anilines is 2. The Bertz CT molecular complexity index is 1610. The molecule has 3 heterocycles. The number of nitrogens with one attached hydrogen (secondary N) is 1. The molecular weight excluding hydrogens is 576 g/mol. The quantitative estimate of drug-likeness (QED) is 0.324. The maximum atomic E-state index is 15.5. The van der Waals surface area contributed by atoms with Gasteiger partial charge in [0.1, 0.15) is 17.4 Å². The average Bonchev–Trinajstić information content (AvgIpc) is 3.81. The molecule has 1 aliphatic carbocycles. The zero-order valence-electron chi connectivity index (χ0n) is 22.9. The van der Waals surface area contributed by atoms with Crippen LogP contribution in [0, 0.1) is 5.82 Å². The molecule has 6 rings (SSSR count). The molecule has 43 heavy (non-hydrogen) atoms. The van der Waals surface area contributed by atoms with Crippen molar-refractivity contribution >= 4 is 34.6 Å². The average molecular weight is 605 g/mol. The predicted molar refractivity (Wildman–Crippen MR) is 147 cm³/mol. The lowest BCUT2D eigenvalue weighted by Gasteiger charge is -2.34. The Labute approximate surface area is 242 Å². The summed E-state index contributed by atoms with van der Waals surface area (Å²) in [7, 11) is 0. The van der Waals surface area contributed by atoms with E-state index in [4.69, 9.17) is 4.74 Å². The third kappa shape index (κ3) is 5.61. The van der Waals surface area contributed by atoms with Crippen LogP contribution < -0.4 is 20.5 Å². The minimum absolute atomic E-state index is 0.0410. The molecule has 15 heteroatoms. The molecule has 1 aromatic heterocycles. The number of hydrogen-bond acceptors (Lipinski definition) is 8. The van der Waals surface area contributed by atoms with E-state index < -0.39 is 34.9 Å². The number of fused-ring (bicyclic) bond motifs is 1. The second-order valence-corrected chi connectivity index (χ2v) is 10.7. The zero-order valence-corrected chi connectivity index (χ0v) is 22.9. The smallest absolute Gasteiger partial charge is 0.404 e. The van der Waals surface area contributed by atoms with Gasteiger partial charge < -0.3 is 24.6 Å². The topological polar surface area (TPSA) is 109 Å². The highest BCUT2D eigenvalue weighted by Crippen LogP contribution is 2.44. The Balaban J connectivity index is 1.32. The summed E-state index contributed by atoms with van der Waals surface area (Å²) < 4.78 is 65.8. The van der Waals surface area contributed by atoms with E-state index in [0.717, 1.165) is 23.4 Å². The number of benzene rings is 2. The number of alkyl halides is 3. The number of nitrogens with zero attached hydrogens (tertiary/aromatic N) is 5. The number of halogens is 4. The molecule has 3 fully saturated rings. The van der Waals surface area contributed by atoms with E-state index in [1.807, 2.05) is 4.90 Å². The van der Waals surface area contributed by atoms with E-state index >= 15 is 4.39 Å². The number of piperazine rings is 1. The second-order valence-electron chi connectivity index (χ2n) is 10.7. The Morgan fingerprint density at radius 2 is 1.77 bits per heavy atom. The Hall–Kier alpha value is -4.24. The fourth-order valence-corrected chi connectivity index (χ4v) is 5.66. The minimum atomic E-state index is -5.03. The van der Waals surface area contributed by atoms with Crippen molar-refractivity contribution in [2.45, 2.75) is 24.7 Å². The van der Waals surface area contributed by atoms with Crippen molar-refractivity contribution in [1.29, 1.82) is 0 Å². The SMILES string of the molecule is O=CN1CCN(c2ccc3c(=O)n(-c4ccc(OC(F)(F)F)c(NC(=O)C5(N6CCOCC6)CC5)c4)cnc3c2F)CC1. The molecule has 0 bridgehead atoms. The monoisotopic (exact) mass is 604 g/mol. The molecule has 0 spiro atoms. The predicted octanol–water partition coefficient (Wildman–Crippen LogP) is 2.51. The van der Waals surface area contributed by atoms with Crippen molar-refractivity contribution in [2.75, 3.05) is 62.7 Å². The Morgan fingerprint density at radius 1 is 1.05 bits per heavy atom. The maximum Gasteiger partial charge on any atom is 0.573 e. The lowest BCUT2D eigenvalue weighted by Crippen LogP contribution is -2.51. The molecule has 0 radical (unpaired) electrons. The summed E-state index contributed by atoms with van der Waals surface area (Å²) in [5, 5.41) is 2.55. The standard InChI is InChI=1S/C28H28F4N6O5/c29-23-21(36-9-7-35(17-39)8-10-36)3-2-19-24(23)33-16-38(25(19)40)18-1-4-22(43-28(30,31)32)20(15-18)34-26(41)27(5-6-27)37-11-13-42-14-12-37/h1-4,15-17H,5-14H2,(H,34,41).